The van der Waals surface area contributed by atoms with Gasteiger partial charge in [0.25, 0.3) is 11.7 Å². The highest BCUT2D eigenvalue weighted by Gasteiger charge is 2.47. The molecule has 4 rings (SSSR count). The molecule has 0 saturated carbocycles. The quantitative estimate of drug-likeness (QED) is 0.383. The van der Waals surface area contributed by atoms with Crippen LogP contribution in [0, 0.1) is 0 Å². The van der Waals surface area contributed by atoms with Crippen molar-refractivity contribution in [3.8, 4) is 5.75 Å². The Labute approximate surface area is 170 Å². The molecule has 0 spiro atoms. The Morgan fingerprint density at radius 1 is 1.17 bits per heavy atom. The number of furan rings is 2. The van der Waals surface area contributed by atoms with Gasteiger partial charge in [-0.1, -0.05) is 11.6 Å². The van der Waals surface area contributed by atoms with Gasteiger partial charge in [0.15, 0.2) is 0 Å². The molecule has 148 valence electrons. The molecule has 0 radical (unpaired) electrons. The van der Waals surface area contributed by atoms with Crippen molar-refractivity contribution in [2.24, 2.45) is 0 Å². The molecular weight excluding hydrogens is 398 g/mol. The zero-order valence-corrected chi connectivity index (χ0v) is 16.1. The summed E-state index contributed by atoms with van der Waals surface area (Å²) < 4.78 is 16.0. The Morgan fingerprint density at radius 3 is 2.59 bits per heavy atom. The molecule has 3 aromatic rings. The van der Waals surface area contributed by atoms with Gasteiger partial charge in [-0.3, -0.25) is 9.59 Å². The monoisotopic (exact) mass is 413 g/mol. The molecule has 1 N–H and O–H groups in total. The Kier molecular flexibility index (Phi) is 4.90. The van der Waals surface area contributed by atoms with Crippen molar-refractivity contribution < 1.29 is 28.3 Å². The topological polar surface area (TPSA) is 93.1 Å². The minimum Gasteiger partial charge on any atom is -0.507 e. The summed E-state index contributed by atoms with van der Waals surface area (Å²) in [5.74, 6) is -0.761. The maximum atomic E-state index is 12.9. The van der Waals surface area contributed by atoms with Crippen LogP contribution in [0.2, 0.25) is 5.02 Å². The highest BCUT2D eigenvalue weighted by Crippen LogP contribution is 2.41. The largest absolute Gasteiger partial charge is 0.507 e. The third kappa shape index (κ3) is 3.30. The van der Waals surface area contributed by atoms with Crippen LogP contribution in [-0.2, 0) is 16.1 Å². The number of aliphatic hydroxyl groups is 1. The van der Waals surface area contributed by atoms with Gasteiger partial charge in [-0.15, -0.1) is 0 Å². The smallest absolute Gasteiger partial charge is 0.296 e. The van der Waals surface area contributed by atoms with Crippen molar-refractivity contribution in [3.05, 3.63) is 82.7 Å². The minimum absolute atomic E-state index is 0.0333. The predicted molar refractivity (Wildman–Crippen MR) is 103 cm³/mol. The Bertz CT molecular complexity index is 1080. The molecule has 7 nitrogen and oxygen atoms in total. The molecule has 1 saturated heterocycles. The number of methoxy groups -OCH3 is 1. The summed E-state index contributed by atoms with van der Waals surface area (Å²) >= 11 is 6.24. The van der Waals surface area contributed by atoms with E-state index < -0.39 is 23.5 Å². The van der Waals surface area contributed by atoms with E-state index in [1.807, 2.05) is 0 Å². The molecule has 1 amide bonds. The average Bonchev–Trinajstić information content (AvgIpc) is 3.47. The lowest BCUT2D eigenvalue weighted by Gasteiger charge is -2.22. The lowest BCUT2D eigenvalue weighted by molar-refractivity contribution is -0.140. The summed E-state index contributed by atoms with van der Waals surface area (Å²) in [4.78, 5) is 26.9. The minimum atomic E-state index is -0.933. The molecule has 1 fully saturated rings. The predicted octanol–water partition coefficient (Wildman–Crippen LogP) is 4.16. The van der Waals surface area contributed by atoms with Gasteiger partial charge in [0.1, 0.15) is 29.1 Å². The van der Waals surface area contributed by atoms with E-state index in [-0.39, 0.29) is 22.7 Å². The van der Waals surface area contributed by atoms with E-state index in [4.69, 9.17) is 25.2 Å². The number of nitrogens with zero attached hydrogens (tertiary/aromatic N) is 1. The van der Waals surface area contributed by atoms with Crippen LogP contribution < -0.4 is 4.74 Å². The van der Waals surface area contributed by atoms with Crippen LogP contribution in [0.25, 0.3) is 5.76 Å². The molecule has 8 heteroatoms. The first kappa shape index (κ1) is 18.9. The summed E-state index contributed by atoms with van der Waals surface area (Å²) in [6.45, 7) is 0.0333. The van der Waals surface area contributed by atoms with Crippen molar-refractivity contribution in [2.45, 2.75) is 12.6 Å². The molecule has 1 atom stereocenters. The number of aliphatic hydroxyl groups excluding tert-OH is 1. The zero-order valence-electron chi connectivity index (χ0n) is 15.3. The fourth-order valence-electron chi connectivity index (χ4n) is 3.31. The van der Waals surface area contributed by atoms with Crippen LogP contribution in [0.5, 0.6) is 5.75 Å². The van der Waals surface area contributed by atoms with Crippen molar-refractivity contribution >= 4 is 29.1 Å². The number of hydrogen-bond acceptors (Lipinski definition) is 6. The summed E-state index contributed by atoms with van der Waals surface area (Å²) in [7, 11) is 1.47. The number of hydrogen-bond donors (Lipinski definition) is 1. The third-order valence-electron chi connectivity index (χ3n) is 4.69. The van der Waals surface area contributed by atoms with E-state index >= 15 is 0 Å². The maximum absolute atomic E-state index is 12.9. The van der Waals surface area contributed by atoms with Crippen LogP contribution in [0.3, 0.4) is 0 Å². The van der Waals surface area contributed by atoms with Crippen LogP contribution in [0.4, 0.5) is 0 Å². The number of rotatable bonds is 5. The van der Waals surface area contributed by atoms with Gasteiger partial charge in [0, 0.05) is 5.56 Å². The van der Waals surface area contributed by atoms with E-state index in [1.54, 1.807) is 30.3 Å². The second-order valence-electron chi connectivity index (χ2n) is 6.37. The Hall–Kier alpha value is -3.45. The maximum Gasteiger partial charge on any atom is 0.296 e. The average molecular weight is 414 g/mol. The van der Waals surface area contributed by atoms with Crippen LogP contribution in [0.15, 0.2) is 69.4 Å². The number of ketones is 1. The molecule has 29 heavy (non-hydrogen) atoms. The number of halogens is 1. The second-order valence-corrected chi connectivity index (χ2v) is 6.77. The lowest BCUT2D eigenvalue weighted by Crippen LogP contribution is -2.28. The van der Waals surface area contributed by atoms with Crippen LogP contribution in [0.1, 0.15) is 23.1 Å². The van der Waals surface area contributed by atoms with E-state index in [0.29, 0.717) is 17.3 Å². The van der Waals surface area contributed by atoms with Crippen molar-refractivity contribution in [2.75, 3.05) is 7.11 Å². The number of benzene rings is 1. The highest BCUT2D eigenvalue weighted by molar-refractivity contribution is 6.46. The van der Waals surface area contributed by atoms with Crippen LogP contribution in [-0.4, -0.2) is 28.8 Å². The third-order valence-corrected chi connectivity index (χ3v) is 5.02. The molecule has 1 aliphatic heterocycles. The first-order chi connectivity index (χ1) is 14.0. The summed E-state index contributed by atoms with van der Waals surface area (Å²) in [6.07, 6.45) is 2.91. The first-order valence-corrected chi connectivity index (χ1v) is 9.07. The number of carbonyl (C=O) groups is 2. The number of ether oxygens (including phenoxy) is 1. The molecular formula is C21H16ClNO6. The molecule has 0 bridgehead atoms. The Balaban J connectivity index is 1.87. The SMILES string of the molecule is COc1ccc(Cl)c(/C(O)=C2/C(=O)C(=O)N(Cc3ccco3)C2c2ccco2)c1. The number of Topliss-reactive ketones (excluding diaryl/α,β-unsaturated/α-hetero) is 1. The van der Waals surface area contributed by atoms with Gasteiger partial charge in [0.05, 0.1) is 36.8 Å². The number of likely N-dealkylation sites (tertiary alicyclic amines) is 1. The highest BCUT2D eigenvalue weighted by atomic mass is 35.5. The fourth-order valence-corrected chi connectivity index (χ4v) is 3.52. The van der Waals surface area contributed by atoms with Gasteiger partial charge >= 0.3 is 0 Å². The van der Waals surface area contributed by atoms with E-state index in [1.165, 1.54) is 36.7 Å². The molecule has 1 unspecified atom stereocenters. The Morgan fingerprint density at radius 2 is 1.93 bits per heavy atom. The van der Waals surface area contributed by atoms with Gasteiger partial charge in [-0.25, -0.2) is 0 Å². The summed E-state index contributed by atoms with van der Waals surface area (Å²) in [6, 6.07) is 10.4. The second kappa shape index (κ2) is 7.52. The standard InChI is InChI=1S/C21H16ClNO6/c1-27-12-6-7-15(22)14(10-12)19(24)17-18(16-5-3-9-29-16)23(21(26)20(17)25)11-13-4-2-8-28-13/h2-10,18,24H,11H2,1H3/b19-17-. The van der Waals surface area contributed by atoms with Gasteiger partial charge < -0.3 is 23.6 Å². The van der Waals surface area contributed by atoms with E-state index in [0.717, 1.165) is 0 Å². The van der Waals surface area contributed by atoms with Gasteiger partial charge in [0.2, 0.25) is 0 Å². The molecule has 1 aliphatic rings. The molecule has 2 aromatic heterocycles. The molecule has 1 aromatic carbocycles. The van der Waals surface area contributed by atoms with Crippen molar-refractivity contribution in [3.63, 3.8) is 0 Å². The number of carbonyl (C=O) groups excluding carboxylic acids is 2. The van der Waals surface area contributed by atoms with E-state index in [9.17, 15) is 14.7 Å². The lowest BCUT2D eigenvalue weighted by atomic mass is 9.99. The van der Waals surface area contributed by atoms with Crippen molar-refractivity contribution in [1.29, 1.82) is 0 Å². The summed E-state index contributed by atoms with van der Waals surface area (Å²) in [5.41, 5.74) is 0.0604. The normalized spacial score (nSPS) is 18.4. The number of amides is 1. The van der Waals surface area contributed by atoms with Crippen LogP contribution >= 0.6 is 11.6 Å². The fraction of sp³-hybridized carbons (Fsp3) is 0.143. The van der Waals surface area contributed by atoms with Gasteiger partial charge in [-0.2, -0.15) is 0 Å². The van der Waals surface area contributed by atoms with Gasteiger partial charge in [-0.05, 0) is 42.5 Å². The van der Waals surface area contributed by atoms with Crippen molar-refractivity contribution in [1.82, 2.24) is 4.90 Å². The molecule has 3 heterocycles. The molecule has 0 aliphatic carbocycles. The summed E-state index contributed by atoms with van der Waals surface area (Å²) in [5, 5.41) is 11.2. The zero-order chi connectivity index (χ0) is 20.5. The van der Waals surface area contributed by atoms with E-state index in [2.05, 4.69) is 0 Å². The first-order valence-electron chi connectivity index (χ1n) is 8.69.